The molecular weight excluding hydrogens is 420 g/mol. The van der Waals surface area contributed by atoms with Gasteiger partial charge >= 0.3 is 0 Å². The molecule has 0 spiro atoms. The summed E-state index contributed by atoms with van der Waals surface area (Å²) < 4.78 is 2.42. The van der Waals surface area contributed by atoms with Gasteiger partial charge in [-0.05, 0) is 24.6 Å². The zero-order valence-corrected chi connectivity index (χ0v) is 16.4. The monoisotopic (exact) mass is 430 g/mol. The lowest BCUT2D eigenvalue weighted by Gasteiger charge is -2.04. The third-order valence-corrected chi connectivity index (χ3v) is 5.50. The van der Waals surface area contributed by atoms with Crippen molar-refractivity contribution in [3.05, 3.63) is 71.5 Å². The van der Waals surface area contributed by atoms with Crippen molar-refractivity contribution in [3.8, 4) is 12.3 Å². The minimum Gasteiger partial charge on any atom is -0.304 e. The minimum atomic E-state index is -0.863. The van der Waals surface area contributed by atoms with Crippen LogP contribution in [-0.4, -0.2) is 20.3 Å². The number of nitro benzene ring substituents is 2. The molecule has 3 rings (SSSR count). The van der Waals surface area contributed by atoms with E-state index in [-0.39, 0.29) is 16.9 Å². The minimum absolute atomic E-state index is 0.113. The molecule has 0 atom stereocenters. The van der Waals surface area contributed by atoms with Gasteiger partial charge in [0.05, 0.1) is 38.2 Å². The Morgan fingerprint density at radius 2 is 1.86 bits per heavy atom. The van der Waals surface area contributed by atoms with Gasteiger partial charge in [0, 0.05) is 17.2 Å². The van der Waals surface area contributed by atoms with Gasteiger partial charge in [-0.3, -0.25) is 25.0 Å². The second-order valence-electron chi connectivity index (χ2n) is 5.86. The van der Waals surface area contributed by atoms with Gasteiger partial charge in [0.2, 0.25) is 0 Å². The van der Waals surface area contributed by atoms with E-state index in [2.05, 4.69) is 10.9 Å². The van der Waals surface area contributed by atoms with Crippen molar-refractivity contribution in [2.24, 2.45) is 4.99 Å². The maximum absolute atomic E-state index is 12.7. The fourth-order valence-corrected chi connectivity index (χ4v) is 3.96. The molecule has 11 heteroatoms. The highest BCUT2D eigenvalue weighted by Crippen LogP contribution is 2.27. The van der Waals surface area contributed by atoms with Crippen LogP contribution in [0.3, 0.4) is 0 Å². The summed E-state index contributed by atoms with van der Waals surface area (Å²) in [4.78, 5) is 37.4. The summed E-state index contributed by atoms with van der Waals surface area (Å²) in [6.45, 7) is 1.92. The van der Waals surface area contributed by atoms with E-state index in [1.54, 1.807) is 23.6 Å². The fraction of sp³-hybridized carbons (Fsp3) is 0.111. The first kappa shape index (κ1) is 20.2. The van der Waals surface area contributed by atoms with E-state index < -0.39 is 27.1 Å². The van der Waals surface area contributed by atoms with Gasteiger partial charge < -0.3 is 4.57 Å². The number of hydrogen-bond acceptors (Lipinski definition) is 6. The van der Waals surface area contributed by atoms with Gasteiger partial charge in [-0.25, -0.2) is 0 Å². The Hall–Kier alpha value is -3.55. The molecule has 0 aliphatic carbocycles. The highest BCUT2D eigenvalue weighted by Gasteiger charge is 2.20. The second kappa shape index (κ2) is 7.83. The lowest BCUT2D eigenvalue weighted by Crippen LogP contribution is -2.17. The van der Waals surface area contributed by atoms with E-state index in [0.29, 0.717) is 5.02 Å². The number of amides is 1. The van der Waals surface area contributed by atoms with Crippen LogP contribution in [0.15, 0.2) is 35.3 Å². The third-order valence-electron chi connectivity index (χ3n) is 4.05. The molecule has 1 heterocycles. The maximum Gasteiger partial charge on any atom is 0.280 e. The number of carbonyl (C=O) groups is 1. The molecule has 0 fully saturated rings. The number of terminal acetylenes is 1. The Balaban J connectivity index is 2.22. The predicted molar refractivity (Wildman–Crippen MR) is 108 cm³/mol. The van der Waals surface area contributed by atoms with Gasteiger partial charge in [0.25, 0.3) is 17.3 Å². The fourth-order valence-electron chi connectivity index (χ4n) is 2.72. The van der Waals surface area contributed by atoms with Gasteiger partial charge in [-0.15, -0.1) is 6.42 Å². The lowest BCUT2D eigenvalue weighted by molar-refractivity contribution is -0.394. The summed E-state index contributed by atoms with van der Waals surface area (Å²) in [6.07, 6.45) is 5.44. The van der Waals surface area contributed by atoms with Crippen molar-refractivity contribution < 1.29 is 14.6 Å². The number of aryl methyl sites for hydroxylation is 1. The molecule has 0 saturated carbocycles. The molecule has 3 aromatic rings. The Morgan fingerprint density at radius 1 is 1.24 bits per heavy atom. The van der Waals surface area contributed by atoms with Gasteiger partial charge in [0.1, 0.15) is 0 Å². The van der Waals surface area contributed by atoms with Crippen molar-refractivity contribution in [2.45, 2.75) is 13.5 Å². The molecular formula is C18H11ClN4O5S. The average Bonchev–Trinajstić information content (AvgIpc) is 3.02. The predicted octanol–water partition coefficient (Wildman–Crippen LogP) is 3.86. The Morgan fingerprint density at radius 3 is 2.41 bits per heavy atom. The molecule has 9 nitrogen and oxygen atoms in total. The standard InChI is InChI=1S/C18H11ClN4O5S/c1-3-6-21-16-10(2)14(19)4-5-15(16)29-18(21)20-17(24)11-7-12(22(25)26)9-13(8-11)23(27)28/h1,4-5,7-9H,6H2,2H3. The number of non-ortho nitro benzene ring substituents is 2. The molecule has 0 bridgehead atoms. The normalized spacial score (nSPS) is 11.4. The van der Waals surface area contributed by atoms with E-state index >= 15 is 0 Å². The molecule has 0 N–H and O–H groups in total. The Kier molecular flexibility index (Phi) is 5.45. The number of nitro groups is 2. The molecule has 1 aromatic heterocycles. The largest absolute Gasteiger partial charge is 0.304 e. The number of carbonyl (C=O) groups excluding carboxylic acids is 1. The Labute approximate surface area is 172 Å². The van der Waals surface area contributed by atoms with Crippen LogP contribution in [0.1, 0.15) is 15.9 Å². The van der Waals surface area contributed by atoms with Crippen LogP contribution in [0.4, 0.5) is 11.4 Å². The first-order chi connectivity index (χ1) is 13.7. The molecule has 0 unspecified atom stereocenters. The second-order valence-corrected chi connectivity index (χ2v) is 7.28. The summed E-state index contributed by atoms with van der Waals surface area (Å²) in [5, 5.41) is 22.6. The number of thiazole rings is 1. The molecule has 0 saturated heterocycles. The van der Waals surface area contributed by atoms with E-state index in [1.807, 2.05) is 0 Å². The van der Waals surface area contributed by atoms with Gasteiger partial charge in [-0.1, -0.05) is 28.9 Å². The lowest BCUT2D eigenvalue weighted by atomic mass is 10.1. The number of halogens is 1. The van der Waals surface area contributed by atoms with Crippen molar-refractivity contribution in [2.75, 3.05) is 0 Å². The van der Waals surface area contributed by atoms with Crippen molar-refractivity contribution in [1.82, 2.24) is 4.57 Å². The SMILES string of the molecule is C#CCn1c(=NC(=O)c2cc([N+](=O)[O-])cc([N+](=O)[O-])c2)sc2ccc(Cl)c(C)c21. The van der Waals surface area contributed by atoms with Crippen molar-refractivity contribution in [3.63, 3.8) is 0 Å². The van der Waals surface area contributed by atoms with Crippen LogP contribution >= 0.6 is 22.9 Å². The van der Waals surface area contributed by atoms with Crippen molar-refractivity contribution in [1.29, 1.82) is 0 Å². The van der Waals surface area contributed by atoms with Crippen LogP contribution in [0.5, 0.6) is 0 Å². The topological polar surface area (TPSA) is 121 Å². The number of nitrogens with zero attached hydrogens (tertiary/aromatic N) is 4. The first-order valence-corrected chi connectivity index (χ1v) is 9.17. The zero-order chi connectivity index (χ0) is 21.3. The first-order valence-electron chi connectivity index (χ1n) is 7.97. The number of benzene rings is 2. The highest BCUT2D eigenvalue weighted by molar-refractivity contribution is 7.16. The number of aromatic nitrogens is 1. The van der Waals surface area contributed by atoms with Crippen LogP contribution in [0.2, 0.25) is 5.02 Å². The van der Waals surface area contributed by atoms with Crippen LogP contribution in [0, 0.1) is 39.5 Å². The molecule has 0 aliphatic heterocycles. The van der Waals surface area contributed by atoms with E-state index in [1.165, 1.54) is 11.3 Å². The van der Waals surface area contributed by atoms with E-state index in [0.717, 1.165) is 34.0 Å². The summed E-state index contributed by atoms with van der Waals surface area (Å²) in [7, 11) is 0. The molecule has 2 aromatic carbocycles. The molecule has 29 heavy (non-hydrogen) atoms. The zero-order valence-electron chi connectivity index (χ0n) is 14.8. The maximum atomic E-state index is 12.7. The smallest absolute Gasteiger partial charge is 0.280 e. The van der Waals surface area contributed by atoms with Gasteiger partial charge in [0.15, 0.2) is 4.80 Å². The van der Waals surface area contributed by atoms with E-state index in [4.69, 9.17) is 18.0 Å². The van der Waals surface area contributed by atoms with Crippen molar-refractivity contribution >= 4 is 50.4 Å². The average molecular weight is 431 g/mol. The number of fused-ring (bicyclic) bond motifs is 1. The summed E-state index contributed by atoms with van der Waals surface area (Å²) in [5.41, 5.74) is 0.0550. The quantitative estimate of drug-likeness (QED) is 0.353. The number of rotatable bonds is 4. The summed E-state index contributed by atoms with van der Waals surface area (Å²) in [5.74, 6) is 1.62. The van der Waals surface area contributed by atoms with Gasteiger partial charge in [-0.2, -0.15) is 4.99 Å². The van der Waals surface area contributed by atoms with Crippen LogP contribution in [-0.2, 0) is 6.54 Å². The Bertz CT molecular complexity index is 1270. The van der Waals surface area contributed by atoms with Crippen LogP contribution < -0.4 is 4.80 Å². The van der Waals surface area contributed by atoms with Crippen LogP contribution in [0.25, 0.3) is 10.2 Å². The molecule has 146 valence electrons. The summed E-state index contributed by atoms with van der Waals surface area (Å²) in [6, 6.07) is 6.15. The highest BCUT2D eigenvalue weighted by atomic mass is 35.5. The molecule has 0 aliphatic rings. The molecule has 0 radical (unpaired) electrons. The molecule has 1 amide bonds. The summed E-state index contributed by atoms with van der Waals surface area (Å²) >= 11 is 7.36. The number of hydrogen-bond donors (Lipinski definition) is 0. The third kappa shape index (κ3) is 3.87. The van der Waals surface area contributed by atoms with E-state index in [9.17, 15) is 25.0 Å².